The zero-order chi connectivity index (χ0) is 23.0. The molecule has 0 aliphatic carbocycles. The van der Waals surface area contributed by atoms with Gasteiger partial charge in [0.25, 0.3) is 0 Å². The number of anilines is 4. The highest BCUT2D eigenvalue weighted by molar-refractivity contribution is 5.71. The van der Waals surface area contributed by atoms with E-state index >= 15 is 0 Å². The van der Waals surface area contributed by atoms with Crippen LogP contribution in [0.4, 0.5) is 23.1 Å². The Morgan fingerprint density at radius 1 is 1.09 bits per heavy atom. The number of fused-ring (bicyclic) bond motifs is 1. The number of nitrogens with one attached hydrogen (secondary N) is 1. The van der Waals surface area contributed by atoms with E-state index in [0.29, 0.717) is 24.1 Å². The Hall–Kier alpha value is -4.07. The summed E-state index contributed by atoms with van der Waals surface area (Å²) in [6.45, 7) is 6.77. The van der Waals surface area contributed by atoms with Gasteiger partial charge in [-0.15, -0.1) is 0 Å². The Kier molecular flexibility index (Phi) is 5.12. The van der Waals surface area contributed by atoms with Crippen LogP contribution in [0.2, 0.25) is 0 Å². The molecular weight excluding hydrogens is 416 g/mol. The fraction of sp³-hybridized carbons (Fsp3) is 0.240. The minimum absolute atomic E-state index is 0.270. The van der Waals surface area contributed by atoms with E-state index in [-0.39, 0.29) is 5.54 Å². The molecule has 1 aliphatic rings. The summed E-state index contributed by atoms with van der Waals surface area (Å²) >= 11 is 0. The Bertz CT molecular complexity index is 1290. The molecule has 0 radical (unpaired) electrons. The second kappa shape index (κ2) is 8.12. The van der Waals surface area contributed by atoms with Crippen molar-refractivity contribution < 1.29 is 9.47 Å². The molecular formula is C25H26N6O2. The molecule has 0 saturated heterocycles. The van der Waals surface area contributed by atoms with E-state index in [1.807, 2.05) is 54.1 Å². The van der Waals surface area contributed by atoms with Crippen LogP contribution in [0.15, 0.2) is 67.3 Å². The normalized spacial score (nSPS) is 14.4. The molecule has 1 N–H and O–H groups in total. The number of methoxy groups -OCH3 is 1. The first-order valence-electron chi connectivity index (χ1n) is 10.8. The van der Waals surface area contributed by atoms with Gasteiger partial charge in [-0.2, -0.15) is 4.98 Å². The number of benzene rings is 2. The standard InChI is InChI=1S/C25H26N6O2/c1-17-14-30(16-27-17)20-11-10-18(12-21(20)32-4)28-24-26-13-22-23(29-24)31(25(2,3)15-33-22)19-8-6-5-7-9-19/h5-14,16H,15H2,1-4H3,(H,26,28,29). The molecule has 2 aromatic heterocycles. The predicted octanol–water partition coefficient (Wildman–Crippen LogP) is 5.03. The van der Waals surface area contributed by atoms with Crippen LogP contribution >= 0.6 is 0 Å². The van der Waals surface area contributed by atoms with E-state index < -0.39 is 0 Å². The lowest BCUT2D eigenvalue weighted by Crippen LogP contribution is -2.49. The van der Waals surface area contributed by atoms with Crippen molar-refractivity contribution >= 4 is 23.1 Å². The lowest BCUT2D eigenvalue weighted by Gasteiger charge is -2.43. The fourth-order valence-electron chi connectivity index (χ4n) is 3.99. The summed E-state index contributed by atoms with van der Waals surface area (Å²) in [5.41, 5.74) is 3.44. The van der Waals surface area contributed by atoms with Gasteiger partial charge in [-0.3, -0.25) is 0 Å². The van der Waals surface area contributed by atoms with Crippen LogP contribution in [-0.2, 0) is 0 Å². The summed E-state index contributed by atoms with van der Waals surface area (Å²) in [5.74, 6) is 2.58. The summed E-state index contributed by atoms with van der Waals surface area (Å²) in [7, 11) is 1.65. The topological polar surface area (TPSA) is 77.3 Å². The third-order valence-electron chi connectivity index (χ3n) is 5.57. The molecule has 5 rings (SSSR count). The van der Waals surface area contributed by atoms with Crippen molar-refractivity contribution in [1.29, 1.82) is 0 Å². The van der Waals surface area contributed by atoms with Crippen molar-refractivity contribution in [2.24, 2.45) is 0 Å². The van der Waals surface area contributed by atoms with Gasteiger partial charge in [0.1, 0.15) is 12.4 Å². The fourth-order valence-corrected chi connectivity index (χ4v) is 3.99. The van der Waals surface area contributed by atoms with E-state index in [1.54, 1.807) is 19.6 Å². The summed E-state index contributed by atoms with van der Waals surface area (Å²) in [6, 6.07) is 16.1. The Morgan fingerprint density at radius 2 is 1.91 bits per heavy atom. The number of aryl methyl sites for hydroxylation is 1. The van der Waals surface area contributed by atoms with Gasteiger partial charge in [0.15, 0.2) is 11.6 Å². The highest BCUT2D eigenvalue weighted by Gasteiger charge is 2.37. The molecule has 2 aromatic carbocycles. The molecule has 4 aromatic rings. The van der Waals surface area contributed by atoms with Gasteiger partial charge in [0.05, 0.1) is 36.6 Å². The molecule has 0 unspecified atom stereocenters. The van der Waals surface area contributed by atoms with Gasteiger partial charge in [-0.25, -0.2) is 9.97 Å². The number of hydrogen-bond acceptors (Lipinski definition) is 7. The number of para-hydroxylation sites is 1. The van der Waals surface area contributed by atoms with Crippen molar-refractivity contribution in [3.05, 3.63) is 72.9 Å². The molecule has 0 atom stereocenters. The van der Waals surface area contributed by atoms with Crippen LogP contribution < -0.4 is 19.7 Å². The summed E-state index contributed by atoms with van der Waals surface area (Å²) in [4.78, 5) is 15.8. The zero-order valence-electron chi connectivity index (χ0n) is 19.1. The lowest BCUT2D eigenvalue weighted by molar-refractivity contribution is 0.220. The monoisotopic (exact) mass is 442 g/mol. The number of hydrogen-bond donors (Lipinski definition) is 1. The first-order chi connectivity index (χ1) is 15.9. The van der Waals surface area contributed by atoms with E-state index in [1.165, 1.54) is 0 Å². The first-order valence-corrected chi connectivity index (χ1v) is 10.8. The van der Waals surface area contributed by atoms with E-state index in [2.05, 4.69) is 46.2 Å². The SMILES string of the molecule is COc1cc(Nc2ncc3c(n2)N(c2ccccc2)C(C)(C)CO3)ccc1-n1cnc(C)c1. The maximum Gasteiger partial charge on any atom is 0.229 e. The van der Waals surface area contributed by atoms with Crippen LogP contribution in [0.3, 0.4) is 0 Å². The molecule has 8 nitrogen and oxygen atoms in total. The molecule has 0 amide bonds. The number of imidazole rings is 1. The summed E-state index contributed by atoms with van der Waals surface area (Å²) < 4.78 is 13.5. The average molecular weight is 443 g/mol. The van der Waals surface area contributed by atoms with Crippen molar-refractivity contribution in [1.82, 2.24) is 19.5 Å². The number of rotatable bonds is 5. The first kappa shape index (κ1) is 20.8. The Labute approximate surface area is 192 Å². The maximum atomic E-state index is 5.98. The van der Waals surface area contributed by atoms with E-state index in [4.69, 9.17) is 14.5 Å². The van der Waals surface area contributed by atoms with Crippen molar-refractivity contribution in [2.45, 2.75) is 26.3 Å². The molecule has 3 heterocycles. The van der Waals surface area contributed by atoms with Gasteiger partial charge >= 0.3 is 0 Å². The molecule has 0 saturated carbocycles. The van der Waals surface area contributed by atoms with Gasteiger partial charge in [0, 0.05) is 23.6 Å². The average Bonchev–Trinajstić information content (AvgIpc) is 3.25. The molecule has 168 valence electrons. The molecule has 0 spiro atoms. The van der Waals surface area contributed by atoms with Crippen molar-refractivity contribution in [2.75, 3.05) is 23.9 Å². The highest BCUT2D eigenvalue weighted by atomic mass is 16.5. The van der Waals surface area contributed by atoms with Crippen molar-refractivity contribution in [3.63, 3.8) is 0 Å². The highest BCUT2D eigenvalue weighted by Crippen LogP contribution is 2.42. The van der Waals surface area contributed by atoms with E-state index in [0.717, 1.165) is 28.6 Å². The molecule has 0 bridgehead atoms. The number of nitrogens with zero attached hydrogens (tertiary/aromatic N) is 5. The van der Waals surface area contributed by atoms with Crippen LogP contribution in [-0.4, -0.2) is 38.8 Å². The summed E-state index contributed by atoms with van der Waals surface area (Å²) in [5, 5.41) is 3.30. The number of aromatic nitrogens is 4. The van der Waals surface area contributed by atoms with Gasteiger partial charge < -0.3 is 24.3 Å². The van der Waals surface area contributed by atoms with Crippen LogP contribution in [0, 0.1) is 6.92 Å². The quantitative estimate of drug-likeness (QED) is 0.464. The van der Waals surface area contributed by atoms with E-state index in [9.17, 15) is 0 Å². The minimum atomic E-state index is -0.270. The second-order valence-corrected chi connectivity index (χ2v) is 8.59. The number of ether oxygens (including phenoxy) is 2. The largest absolute Gasteiger partial charge is 0.494 e. The third kappa shape index (κ3) is 3.95. The maximum absolute atomic E-state index is 5.98. The predicted molar refractivity (Wildman–Crippen MR) is 128 cm³/mol. The Morgan fingerprint density at radius 3 is 2.64 bits per heavy atom. The Balaban J connectivity index is 1.48. The van der Waals surface area contributed by atoms with Crippen LogP contribution in [0.1, 0.15) is 19.5 Å². The molecule has 0 fully saturated rings. The van der Waals surface area contributed by atoms with Crippen molar-refractivity contribution in [3.8, 4) is 17.2 Å². The van der Waals surface area contributed by atoms with Crippen LogP contribution in [0.25, 0.3) is 5.69 Å². The zero-order valence-corrected chi connectivity index (χ0v) is 19.1. The van der Waals surface area contributed by atoms with Gasteiger partial charge in [-0.05, 0) is 45.0 Å². The smallest absolute Gasteiger partial charge is 0.229 e. The third-order valence-corrected chi connectivity index (χ3v) is 5.57. The minimum Gasteiger partial charge on any atom is -0.494 e. The lowest BCUT2D eigenvalue weighted by atomic mass is 10.0. The molecule has 1 aliphatic heterocycles. The molecule has 33 heavy (non-hydrogen) atoms. The molecule has 8 heteroatoms. The summed E-state index contributed by atoms with van der Waals surface area (Å²) in [6.07, 6.45) is 5.44. The van der Waals surface area contributed by atoms with Crippen LogP contribution in [0.5, 0.6) is 11.5 Å². The second-order valence-electron chi connectivity index (χ2n) is 8.59. The van der Waals surface area contributed by atoms with Gasteiger partial charge in [-0.1, -0.05) is 18.2 Å². The van der Waals surface area contributed by atoms with Gasteiger partial charge in [0.2, 0.25) is 5.95 Å².